The number of nitrogens with one attached hydrogen (secondary N) is 1. The normalized spacial score (nSPS) is 12.1. The molecule has 5 nitrogen and oxygen atoms in total. The third-order valence-electron chi connectivity index (χ3n) is 4.43. The first-order chi connectivity index (χ1) is 12.5. The Hall–Kier alpha value is -2.95. The van der Waals surface area contributed by atoms with Crippen molar-refractivity contribution in [3.8, 4) is 0 Å². The molecule has 0 bridgehead atoms. The Labute approximate surface area is 152 Å². The Morgan fingerprint density at radius 1 is 1.12 bits per heavy atom. The number of fused-ring (bicyclic) bond motifs is 1. The molecule has 1 heterocycles. The van der Waals surface area contributed by atoms with Gasteiger partial charge in [0, 0.05) is 6.04 Å². The largest absolute Gasteiger partial charge is 0.352 e. The topological polar surface area (TPSA) is 64.0 Å². The van der Waals surface area contributed by atoms with Crippen LogP contribution in [0.2, 0.25) is 0 Å². The van der Waals surface area contributed by atoms with Crippen LogP contribution in [-0.4, -0.2) is 21.5 Å². The standard InChI is InChI=1S/C21H23N3O2/c1-15(12-13-17-8-4-3-5-9-17)22-20(25)14-24-19-11-7-6-10-18(19)23-16(2)21(24)26/h3-11,15H,12-14H2,1-2H3,(H,22,25)/t15-/m0/s1. The lowest BCUT2D eigenvalue weighted by Crippen LogP contribution is -2.38. The molecular weight excluding hydrogens is 326 g/mol. The van der Waals surface area contributed by atoms with Crippen molar-refractivity contribution in [2.24, 2.45) is 0 Å². The van der Waals surface area contributed by atoms with Crippen LogP contribution in [0.4, 0.5) is 0 Å². The molecule has 0 spiro atoms. The summed E-state index contributed by atoms with van der Waals surface area (Å²) < 4.78 is 1.50. The van der Waals surface area contributed by atoms with E-state index in [1.807, 2.05) is 49.4 Å². The zero-order valence-electron chi connectivity index (χ0n) is 15.1. The van der Waals surface area contributed by atoms with Gasteiger partial charge >= 0.3 is 0 Å². The zero-order chi connectivity index (χ0) is 18.5. The number of rotatable bonds is 6. The van der Waals surface area contributed by atoms with E-state index >= 15 is 0 Å². The lowest BCUT2D eigenvalue weighted by atomic mass is 10.1. The first kappa shape index (κ1) is 17.9. The van der Waals surface area contributed by atoms with Gasteiger partial charge in [0.05, 0.1) is 11.0 Å². The highest BCUT2D eigenvalue weighted by atomic mass is 16.2. The summed E-state index contributed by atoms with van der Waals surface area (Å²) in [6.45, 7) is 3.66. The number of carbonyl (C=O) groups is 1. The molecule has 0 aliphatic heterocycles. The minimum Gasteiger partial charge on any atom is -0.352 e. The van der Waals surface area contributed by atoms with Crippen molar-refractivity contribution < 1.29 is 4.79 Å². The van der Waals surface area contributed by atoms with Crippen molar-refractivity contribution in [3.05, 3.63) is 76.2 Å². The number of hydrogen-bond donors (Lipinski definition) is 1. The first-order valence-electron chi connectivity index (χ1n) is 8.84. The number of aryl methyl sites for hydroxylation is 2. The van der Waals surface area contributed by atoms with Gasteiger partial charge in [-0.2, -0.15) is 0 Å². The fraction of sp³-hybridized carbons (Fsp3) is 0.286. The van der Waals surface area contributed by atoms with E-state index in [1.165, 1.54) is 10.1 Å². The second kappa shape index (κ2) is 7.95. The molecule has 0 saturated carbocycles. The number of carbonyl (C=O) groups excluding carboxylic acids is 1. The summed E-state index contributed by atoms with van der Waals surface area (Å²) in [6, 6.07) is 17.6. The number of aromatic nitrogens is 2. The molecule has 0 fully saturated rings. The summed E-state index contributed by atoms with van der Waals surface area (Å²) in [5, 5.41) is 2.99. The van der Waals surface area contributed by atoms with E-state index in [1.54, 1.807) is 6.92 Å². The van der Waals surface area contributed by atoms with Gasteiger partial charge in [-0.05, 0) is 44.4 Å². The predicted molar refractivity (Wildman–Crippen MR) is 103 cm³/mol. The van der Waals surface area contributed by atoms with Crippen molar-refractivity contribution in [2.45, 2.75) is 39.3 Å². The molecule has 3 aromatic rings. The van der Waals surface area contributed by atoms with Crippen LogP contribution in [0.25, 0.3) is 11.0 Å². The number of hydrogen-bond acceptors (Lipinski definition) is 3. The van der Waals surface area contributed by atoms with Gasteiger partial charge in [0.15, 0.2) is 0 Å². The summed E-state index contributed by atoms with van der Waals surface area (Å²) in [7, 11) is 0. The van der Waals surface area contributed by atoms with Crippen molar-refractivity contribution >= 4 is 16.9 Å². The minimum absolute atomic E-state index is 0.00160. The highest BCUT2D eigenvalue weighted by Crippen LogP contribution is 2.10. The number of benzene rings is 2. The Balaban J connectivity index is 1.67. The molecule has 1 atom stereocenters. The van der Waals surface area contributed by atoms with Gasteiger partial charge in [0.1, 0.15) is 12.2 Å². The highest BCUT2D eigenvalue weighted by molar-refractivity contribution is 5.80. The molecule has 0 radical (unpaired) electrons. The van der Waals surface area contributed by atoms with Crippen LogP contribution in [-0.2, 0) is 17.8 Å². The minimum atomic E-state index is -0.226. The monoisotopic (exact) mass is 349 g/mol. The maximum atomic E-state index is 12.5. The first-order valence-corrected chi connectivity index (χ1v) is 8.84. The number of para-hydroxylation sites is 2. The van der Waals surface area contributed by atoms with E-state index < -0.39 is 0 Å². The molecule has 1 N–H and O–H groups in total. The molecule has 26 heavy (non-hydrogen) atoms. The average molecular weight is 349 g/mol. The van der Waals surface area contributed by atoms with Crippen LogP contribution < -0.4 is 10.9 Å². The molecule has 0 aliphatic rings. The third-order valence-corrected chi connectivity index (χ3v) is 4.43. The zero-order valence-corrected chi connectivity index (χ0v) is 15.1. The van der Waals surface area contributed by atoms with Crippen molar-refractivity contribution in [1.82, 2.24) is 14.9 Å². The summed E-state index contributed by atoms with van der Waals surface area (Å²) in [5.41, 5.74) is 2.81. The van der Waals surface area contributed by atoms with Crippen LogP contribution in [0.5, 0.6) is 0 Å². The van der Waals surface area contributed by atoms with Gasteiger partial charge in [0.2, 0.25) is 5.91 Å². The molecule has 1 aromatic heterocycles. The second-order valence-corrected chi connectivity index (χ2v) is 6.57. The highest BCUT2D eigenvalue weighted by Gasteiger charge is 2.13. The maximum Gasteiger partial charge on any atom is 0.272 e. The molecule has 0 saturated heterocycles. The van der Waals surface area contributed by atoms with Crippen LogP contribution in [0, 0.1) is 6.92 Å². The fourth-order valence-corrected chi connectivity index (χ4v) is 3.04. The smallest absolute Gasteiger partial charge is 0.272 e. The Kier molecular flexibility index (Phi) is 5.46. The van der Waals surface area contributed by atoms with Crippen LogP contribution in [0.1, 0.15) is 24.6 Å². The Morgan fingerprint density at radius 3 is 2.58 bits per heavy atom. The van der Waals surface area contributed by atoms with Gasteiger partial charge in [-0.15, -0.1) is 0 Å². The molecule has 2 aromatic carbocycles. The molecule has 0 unspecified atom stereocenters. The molecule has 134 valence electrons. The van der Waals surface area contributed by atoms with E-state index in [-0.39, 0.29) is 24.1 Å². The van der Waals surface area contributed by atoms with Gasteiger partial charge in [-0.25, -0.2) is 4.98 Å². The second-order valence-electron chi connectivity index (χ2n) is 6.57. The quantitative estimate of drug-likeness (QED) is 0.744. The third kappa shape index (κ3) is 4.17. The fourth-order valence-electron chi connectivity index (χ4n) is 3.04. The molecule has 0 aliphatic carbocycles. The number of nitrogens with zero attached hydrogens (tertiary/aromatic N) is 2. The maximum absolute atomic E-state index is 12.5. The summed E-state index contributed by atoms with van der Waals surface area (Å²) >= 11 is 0. The van der Waals surface area contributed by atoms with E-state index in [9.17, 15) is 9.59 Å². The lowest BCUT2D eigenvalue weighted by Gasteiger charge is -2.16. The van der Waals surface area contributed by atoms with Crippen molar-refractivity contribution in [2.75, 3.05) is 0 Å². The lowest BCUT2D eigenvalue weighted by molar-refractivity contribution is -0.122. The SMILES string of the molecule is Cc1nc2ccccc2n(CC(=O)N[C@@H](C)CCc2ccccc2)c1=O. The van der Waals surface area contributed by atoms with Crippen molar-refractivity contribution in [3.63, 3.8) is 0 Å². The average Bonchev–Trinajstić information content (AvgIpc) is 2.64. The summed E-state index contributed by atoms with van der Waals surface area (Å²) in [5.74, 6) is -0.164. The van der Waals surface area contributed by atoms with Crippen LogP contribution in [0.3, 0.4) is 0 Å². The van der Waals surface area contributed by atoms with Gasteiger partial charge in [0.25, 0.3) is 5.56 Å². The molecular formula is C21H23N3O2. The van der Waals surface area contributed by atoms with Gasteiger partial charge in [-0.3, -0.25) is 14.2 Å². The molecule has 1 amide bonds. The number of amides is 1. The van der Waals surface area contributed by atoms with E-state index in [0.29, 0.717) is 11.2 Å². The Morgan fingerprint density at radius 2 is 1.81 bits per heavy atom. The van der Waals surface area contributed by atoms with Gasteiger partial charge < -0.3 is 5.32 Å². The Bertz CT molecular complexity index is 964. The summed E-state index contributed by atoms with van der Waals surface area (Å²) in [4.78, 5) is 29.2. The summed E-state index contributed by atoms with van der Waals surface area (Å²) in [6.07, 6.45) is 1.75. The van der Waals surface area contributed by atoms with Crippen molar-refractivity contribution in [1.29, 1.82) is 0 Å². The molecule has 5 heteroatoms. The van der Waals surface area contributed by atoms with Gasteiger partial charge in [-0.1, -0.05) is 42.5 Å². The van der Waals surface area contributed by atoms with E-state index in [0.717, 1.165) is 18.4 Å². The van der Waals surface area contributed by atoms with E-state index in [4.69, 9.17) is 0 Å². The predicted octanol–water partition coefficient (Wildman–Crippen LogP) is 2.84. The van der Waals surface area contributed by atoms with Crippen LogP contribution >= 0.6 is 0 Å². The van der Waals surface area contributed by atoms with Crippen LogP contribution in [0.15, 0.2) is 59.4 Å². The van der Waals surface area contributed by atoms with E-state index in [2.05, 4.69) is 22.4 Å². The molecule has 3 rings (SSSR count).